The van der Waals surface area contributed by atoms with E-state index in [2.05, 4.69) is 26.0 Å². The number of alkyl halides is 1. The van der Waals surface area contributed by atoms with Crippen molar-refractivity contribution < 1.29 is 4.74 Å². The van der Waals surface area contributed by atoms with Gasteiger partial charge in [-0.15, -0.1) is 11.6 Å². The van der Waals surface area contributed by atoms with Crippen molar-refractivity contribution >= 4 is 11.6 Å². The third-order valence-corrected chi connectivity index (χ3v) is 3.20. The van der Waals surface area contributed by atoms with Gasteiger partial charge < -0.3 is 4.74 Å². The molecule has 17 heavy (non-hydrogen) atoms. The highest BCUT2D eigenvalue weighted by molar-refractivity contribution is 6.20. The molecule has 96 valence electrons. The van der Waals surface area contributed by atoms with E-state index in [0.29, 0.717) is 5.38 Å². The largest absolute Gasteiger partial charge is 0.493 e. The lowest BCUT2D eigenvalue weighted by Crippen LogP contribution is -2.03. The minimum Gasteiger partial charge on any atom is -0.493 e. The number of halogens is 1. The smallest absolute Gasteiger partial charge is 0.122 e. The molecule has 0 fully saturated rings. The summed E-state index contributed by atoms with van der Waals surface area (Å²) in [6, 6.07) is 8.28. The molecule has 2 heteroatoms. The Morgan fingerprint density at radius 2 is 1.88 bits per heavy atom. The minimum absolute atomic E-state index is 0.291. The zero-order chi connectivity index (χ0) is 12.5. The van der Waals surface area contributed by atoms with E-state index in [0.717, 1.165) is 44.5 Å². The molecular formula is C15H23ClO. The van der Waals surface area contributed by atoms with Crippen molar-refractivity contribution in [3.63, 3.8) is 0 Å². The molecule has 0 aromatic heterocycles. The van der Waals surface area contributed by atoms with Crippen LogP contribution in [0.3, 0.4) is 0 Å². The highest BCUT2D eigenvalue weighted by atomic mass is 35.5. The summed E-state index contributed by atoms with van der Waals surface area (Å²) in [7, 11) is 0. The first-order valence-electron chi connectivity index (χ1n) is 6.62. The van der Waals surface area contributed by atoms with E-state index in [1.807, 2.05) is 12.1 Å². The molecule has 0 saturated heterocycles. The molecule has 0 aliphatic carbocycles. The predicted molar refractivity (Wildman–Crippen MR) is 75.1 cm³/mol. The van der Waals surface area contributed by atoms with Gasteiger partial charge in [0.25, 0.3) is 0 Å². The normalized spacial score (nSPS) is 12.4. The molecule has 0 heterocycles. The summed E-state index contributed by atoms with van der Waals surface area (Å²) in [6.45, 7) is 5.09. The highest BCUT2D eigenvalue weighted by Gasteiger charge is 2.07. The number of rotatable bonds is 8. The van der Waals surface area contributed by atoms with Crippen LogP contribution in [0.25, 0.3) is 0 Å². The quantitative estimate of drug-likeness (QED) is 0.605. The Labute approximate surface area is 110 Å². The molecule has 1 unspecified atom stereocenters. The number of aryl methyl sites for hydroxylation is 1. The number of ether oxygens (including phenoxy) is 1. The maximum Gasteiger partial charge on any atom is 0.122 e. The molecule has 0 amide bonds. The molecule has 1 atom stereocenters. The topological polar surface area (TPSA) is 9.23 Å². The Hall–Kier alpha value is -0.690. The summed E-state index contributed by atoms with van der Waals surface area (Å²) in [5.41, 5.74) is 1.28. The molecule has 0 aliphatic heterocycles. The Morgan fingerprint density at radius 3 is 2.59 bits per heavy atom. The van der Waals surface area contributed by atoms with Gasteiger partial charge in [-0.05, 0) is 37.3 Å². The Bertz CT molecular complexity index is 312. The number of hydrogen-bond acceptors (Lipinski definition) is 1. The summed E-state index contributed by atoms with van der Waals surface area (Å²) in [5.74, 6) is 1.02. The van der Waals surface area contributed by atoms with Crippen LogP contribution in [-0.2, 0) is 6.42 Å². The molecule has 0 N–H and O–H groups in total. The predicted octanol–water partition coefficient (Wildman–Crippen LogP) is 4.82. The first kappa shape index (κ1) is 14.4. The van der Waals surface area contributed by atoms with E-state index in [4.69, 9.17) is 16.3 Å². The van der Waals surface area contributed by atoms with E-state index in [1.54, 1.807) is 0 Å². The Kier molecular flexibility index (Phi) is 7.11. The third-order valence-electron chi connectivity index (χ3n) is 2.76. The second-order valence-corrected chi connectivity index (χ2v) is 5.00. The van der Waals surface area contributed by atoms with Gasteiger partial charge in [-0.25, -0.2) is 0 Å². The van der Waals surface area contributed by atoms with Crippen LogP contribution in [0.2, 0.25) is 0 Å². The van der Waals surface area contributed by atoms with Crippen molar-refractivity contribution in [2.75, 3.05) is 6.61 Å². The molecule has 0 aliphatic rings. The third kappa shape index (κ3) is 5.45. The summed E-state index contributed by atoms with van der Waals surface area (Å²) >= 11 is 6.25. The average Bonchev–Trinajstić information content (AvgIpc) is 2.35. The van der Waals surface area contributed by atoms with Gasteiger partial charge in [0.2, 0.25) is 0 Å². The van der Waals surface area contributed by atoms with Gasteiger partial charge >= 0.3 is 0 Å². The molecule has 1 aromatic rings. The lowest BCUT2D eigenvalue weighted by Gasteiger charge is -2.12. The van der Waals surface area contributed by atoms with Crippen molar-refractivity contribution in [3.8, 4) is 5.75 Å². The maximum absolute atomic E-state index is 6.25. The van der Waals surface area contributed by atoms with Crippen molar-refractivity contribution in [1.82, 2.24) is 0 Å². The fraction of sp³-hybridized carbons (Fsp3) is 0.600. The standard InChI is InChI=1S/C15H23ClO/c1-3-7-14(16)11-10-13-8-5-6-9-15(13)17-12-4-2/h5-6,8-9,14H,3-4,7,10-12H2,1-2H3. The fourth-order valence-electron chi connectivity index (χ4n) is 1.83. The monoisotopic (exact) mass is 254 g/mol. The van der Waals surface area contributed by atoms with Gasteiger partial charge in [0, 0.05) is 5.38 Å². The van der Waals surface area contributed by atoms with Crippen LogP contribution >= 0.6 is 11.6 Å². The fourth-order valence-corrected chi connectivity index (χ4v) is 2.16. The van der Waals surface area contributed by atoms with Gasteiger partial charge in [-0.3, -0.25) is 0 Å². The van der Waals surface area contributed by atoms with Crippen molar-refractivity contribution in [2.45, 2.75) is 51.3 Å². The number of hydrogen-bond donors (Lipinski definition) is 0. The zero-order valence-corrected chi connectivity index (χ0v) is 11.7. The van der Waals surface area contributed by atoms with Crippen LogP contribution in [0.4, 0.5) is 0 Å². The summed E-state index contributed by atoms with van der Waals surface area (Å²) in [6.07, 6.45) is 5.33. The first-order valence-corrected chi connectivity index (χ1v) is 7.06. The van der Waals surface area contributed by atoms with Gasteiger partial charge in [-0.2, -0.15) is 0 Å². The minimum atomic E-state index is 0.291. The van der Waals surface area contributed by atoms with Gasteiger partial charge in [0.1, 0.15) is 5.75 Å². The lowest BCUT2D eigenvalue weighted by atomic mass is 10.1. The van der Waals surface area contributed by atoms with Crippen LogP contribution in [0.5, 0.6) is 5.75 Å². The molecule has 0 saturated carbocycles. The van der Waals surface area contributed by atoms with E-state index < -0.39 is 0 Å². The van der Waals surface area contributed by atoms with Crippen molar-refractivity contribution in [1.29, 1.82) is 0 Å². The molecule has 1 rings (SSSR count). The van der Waals surface area contributed by atoms with Crippen LogP contribution in [0, 0.1) is 0 Å². The molecule has 0 radical (unpaired) electrons. The van der Waals surface area contributed by atoms with Crippen LogP contribution in [0.1, 0.15) is 45.1 Å². The SMILES string of the molecule is CCCOc1ccccc1CCC(Cl)CCC. The molecular weight excluding hydrogens is 232 g/mol. The molecule has 0 bridgehead atoms. The van der Waals surface area contributed by atoms with Crippen LogP contribution < -0.4 is 4.74 Å². The van der Waals surface area contributed by atoms with E-state index in [1.165, 1.54) is 5.56 Å². The Morgan fingerprint density at radius 1 is 1.12 bits per heavy atom. The lowest BCUT2D eigenvalue weighted by molar-refractivity contribution is 0.314. The number of para-hydroxylation sites is 1. The maximum atomic E-state index is 6.25. The van der Waals surface area contributed by atoms with E-state index in [9.17, 15) is 0 Å². The van der Waals surface area contributed by atoms with Gasteiger partial charge in [0.05, 0.1) is 6.61 Å². The Balaban J connectivity index is 2.51. The molecule has 1 nitrogen and oxygen atoms in total. The van der Waals surface area contributed by atoms with E-state index >= 15 is 0 Å². The van der Waals surface area contributed by atoms with Gasteiger partial charge in [0.15, 0.2) is 0 Å². The van der Waals surface area contributed by atoms with Crippen molar-refractivity contribution in [3.05, 3.63) is 29.8 Å². The average molecular weight is 255 g/mol. The second-order valence-electron chi connectivity index (χ2n) is 4.38. The molecule has 0 spiro atoms. The van der Waals surface area contributed by atoms with Crippen LogP contribution in [0.15, 0.2) is 24.3 Å². The summed E-state index contributed by atoms with van der Waals surface area (Å²) in [4.78, 5) is 0. The molecule has 1 aromatic carbocycles. The van der Waals surface area contributed by atoms with Gasteiger partial charge in [-0.1, -0.05) is 38.5 Å². The second kappa shape index (κ2) is 8.41. The summed E-state index contributed by atoms with van der Waals surface area (Å²) in [5, 5.41) is 0.291. The number of benzene rings is 1. The first-order chi connectivity index (χ1) is 8.27. The zero-order valence-electron chi connectivity index (χ0n) is 10.9. The highest BCUT2D eigenvalue weighted by Crippen LogP contribution is 2.22. The summed E-state index contributed by atoms with van der Waals surface area (Å²) < 4.78 is 5.74. The van der Waals surface area contributed by atoms with Crippen LogP contribution in [-0.4, -0.2) is 12.0 Å². The van der Waals surface area contributed by atoms with Crippen molar-refractivity contribution in [2.24, 2.45) is 0 Å². The van der Waals surface area contributed by atoms with E-state index in [-0.39, 0.29) is 0 Å².